The molecule has 5 nitrogen and oxygen atoms in total. The number of hydrogen-bond acceptors (Lipinski definition) is 3. The molecule has 0 saturated carbocycles. The highest BCUT2D eigenvalue weighted by molar-refractivity contribution is 6.30. The number of carbonyl (C=O) groups excluding carboxylic acids is 1. The second-order valence-corrected chi connectivity index (χ2v) is 6.76. The van der Waals surface area contributed by atoms with E-state index < -0.39 is 0 Å². The van der Waals surface area contributed by atoms with Gasteiger partial charge in [-0.15, -0.1) is 0 Å². The Morgan fingerprint density at radius 3 is 2.77 bits per heavy atom. The number of hydroxylamine groups is 2. The molecule has 0 N–H and O–H groups in total. The average molecular weight is 369 g/mol. The highest BCUT2D eigenvalue weighted by Crippen LogP contribution is 2.34. The number of hydrogen-bond donors (Lipinski definition) is 0. The SMILES string of the molecule is CON(C)C(=O)c1cc2c3c(c1)c(-c1cccc(Cl)c1)cc(=O)n3CC2. The van der Waals surface area contributed by atoms with Crippen LogP contribution in [-0.2, 0) is 17.8 Å². The van der Waals surface area contributed by atoms with Gasteiger partial charge in [-0.05, 0) is 47.4 Å². The van der Waals surface area contributed by atoms with Gasteiger partial charge in [0.1, 0.15) is 0 Å². The van der Waals surface area contributed by atoms with Crippen LogP contribution in [0.4, 0.5) is 0 Å². The van der Waals surface area contributed by atoms with Crippen LogP contribution in [0.1, 0.15) is 15.9 Å². The fourth-order valence-corrected chi connectivity index (χ4v) is 3.73. The second kappa shape index (κ2) is 6.27. The van der Waals surface area contributed by atoms with Crippen molar-refractivity contribution in [1.29, 1.82) is 0 Å². The lowest BCUT2D eigenvalue weighted by Crippen LogP contribution is -2.25. The maximum Gasteiger partial charge on any atom is 0.277 e. The molecule has 1 aliphatic rings. The Kier molecular flexibility index (Phi) is 4.05. The first-order chi connectivity index (χ1) is 12.5. The Morgan fingerprint density at radius 2 is 2.04 bits per heavy atom. The molecule has 3 aromatic rings. The maximum absolute atomic E-state index is 12.6. The predicted octanol–water partition coefficient (Wildman–Crippen LogP) is 3.51. The molecule has 0 fully saturated rings. The topological polar surface area (TPSA) is 51.5 Å². The molecule has 2 aromatic carbocycles. The molecule has 2 heterocycles. The van der Waals surface area contributed by atoms with Crippen LogP contribution in [0, 0.1) is 0 Å². The van der Waals surface area contributed by atoms with Crippen molar-refractivity contribution in [2.45, 2.75) is 13.0 Å². The van der Waals surface area contributed by atoms with Gasteiger partial charge in [0.2, 0.25) is 0 Å². The summed E-state index contributed by atoms with van der Waals surface area (Å²) in [6.45, 7) is 0.623. The van der Waals surface area contributed by atoms with Crippen LogP contribution in [0.5, 0.6) is 0 Å². The normalized spacial score (nSPS) is 12.6. The minimum atomic E-state index is -0.229. The molecule has 132 valence electrons. The van der Waals surface area contributed by atoms with E-state index in [0.717, 1.165) is 34.0 Å². The highest BCUT2D eigenvalue weighted by Gasteiger charge is 2.22. The van der Waals surface area contributed by atoms with Gasteiger partial charge in [0.15, 0.2) is 0 Å². The first-order valence-corrected chi connectivity index (χ1v) is 8.66. The number of carbonyl (C=O) groups is 1. The van der Waals surface area contributed by atoms with Gasteiger partial charge in [-0.3, -0.25) is 14.4 Å². The molecule has 1 aromatic heterocycles. The van der Waals surface area contributed by atoms with E-state index in [2.05, 4.69) is 0 Å². The van der Waals surface area contributed by atoms with Gasteiger partial charge in [-0.2, -0.15) is 0 Å². The number of amides is 1. The summed E-state index contributed by atoms with van der Waals surface area (Å²) in [7, 11) is 3.03. The predicted molar refractivity (Wildman–Crippen MR) is 101 cm³/mol. The van der Waals surface area contributed by atoms with Crippen molar-refractivity contribution < 1.29 is 9.63 Å². The summed E-state index contributed by atoms with van der Waals surface area (Å²) >= 11 is 6.14. The fraction of sp³-hybridized carbons (Fsp3) is 0.200. The van der Waals surface area contributed by atoms with Crippen LogP contribution in [0.25, 0.3) is 22.0 Å². The smallest absolute Gasteiger partial charge is 0.277 e. The maximum atomic E-state index is 12.6. The Morgan fingerprint density at radius 1 is 1.23 bits per heavy atom. The molecule has 0 atom stereocenters. The fourth-order valence-electron chi connectivity index (χ4n) is 3.54. The molecule has 1 amide bonds. The van der Waals surface area contributed by atoms with Crippen molar-refractivity contribution in [2.75, 3.05) is 14.2 Å². The van der Waals surface area contributed by atoms with E-state index in [1.54, 1.807) is 23.7 Å². The summed E-state index contributed by atoms with van der Waals surface area (Å²) in [6.07, 6.45) is 0.725. The number of pyridine rings is 1. The van der Waals surface area contributed by atoms with Gasteiger partial charge in [0.25, 0.3) is 11.5 Å². The van der Waals surface area contributed by atoms with Crippen molar-refractivity contribution in [1.82, 2.24) is 9.63 Å². The summed E-state index contributed by atoms with van der Waals surface area (Å²) in [5.41, 5.74) is 4.01. The zero-order valence-electron chi connectivity index (χ0n) is 14.5. The number of benzene rings is 2. The Hall–Kier alpha value is -2.63. The van der Waals surface area contributed by atoms with E-state index in [1.165, 1.54) is 12.2 Å². The molecular weight excluding hydrogens is 352 g/mol. The summed E-state index contributed by atoms with van der Waals surface area (Å²) in [5.74, 6) is -0.229. The minimum Gasteiger partial charge on any atom is -0.308 e. The number of aryl methyl sites for hydroxylation is 2. The number of rotatable bonds is 3. The number of nitrogens with zero attached hydrogens (tertiary/aromatic N) is 2. The standard InChI is InChI=1S/C20H17ClN2O3/c1-22(26-2)20(25)14-8-13-6-7-23-18(24)11-16(17(10-14)19(13)23)12-4-3-5-15(21)9-12/h3-5,8-11H,6-7H2,1-2H3. The molecule has 1 aliphatic heterocycles. The van der Waals surface area contributed by atoms with E-state index in [4.69, 9.17) is 16.4 Å². The van der Waals surface area contributed by atoms with Crippen molar-refractivity contribution in [2.24, 2.45) is 0 Å². The van der Waals surface area contributed by atoms with E-state index >= 15 is 0 Å². The lowest BCUT2D eigenvalue weighted by Gasteiger charge is -2.16. The van der Waals surface area contributed by atoms with E-state index in [0.29, 0.717) is 17.1 Å². The second-order valence-electron chi connectivity index (χ2n) is 6.32. The van der Waals surface area contributed by atoms with Crippen LogP contribution in [0.3, 0.4) is 0 Å². The quantitative estimate of drug-likeness (QED) is 0.665. The van der Waals surface area contributed by atoms with Gasteiger partial charge in [-0.1, -0.05) is 23.7 Å². The summed E-state index contributed by atoms with van der Waals surface area (Å²) in [6, 6.07) is 12.7. The van der Waals surface area contributed by atoms with Crippen molar-refractivity contribution in [3.05, 3.63) is 69.0 Å². The van der Waals surface area contributed by atoms with Crippen LogP contribution in [0.2, 0.25) is 5.02 Å². The molecule has 0 saturated heterocycles. The summed E-state index contributed by atoms with van der Waals surface area (Å²) in [4.78, 5) is 30.2. The first-order valence-electron chi connectivity index (χ1n) is 8.28. The lowest BCUT2D eigenvalue weighted by molar-refractivity contribution is -0.0756. The first kappa shape index (κ1) is 16.8. The van der Waals surface area contributed by atoms with E-state index in [-0.39, 0.29) is 11.5 Å². The van der Waals surface area contributed by atoms with Gasteiger partial charge in [-0.25, -0.2) is 5.06 Å². The molecule has 0 unspecified atom stereocenters. The molecule has 26 heavy (non-hydrogen) atoms. The molecule has 0 spiro atoms. The van der Waals surface area contributed by atoms with Gasteiger partial charge >= 0.3 is 0 Å². The molecule has 0 radical (unpaired) electrons. The van der Waals surface area contributed by atoms with E-state index in [9.17, 15) is 9.59 Å². The van der Waals surface area contributed by atoms with Crippen LogP contribution < -0.4 is 5.56 Å². The molecule has 0 aliphatic carbocycles. The number of halogens is 1. The zero-order valence-corrected chi connectivity index (χ0v) is 15.2. The molecule has 4 rings (SSSR count). The number of aromatic nitrogens is 1. The minimum absolute atomic E-state index is 0.0423. The Labute approximate surface area is 155 Å². The van der Waals surface area contributed by atoms with Crippen molar-refractivity contribution in [3.8, 4) is 11.1 Å². The summed E-state index contributed by atoms with van der Waals surface area (Å²) < 4.78 is 1.77. The largest absolute Gasteiger partial charge is 0.308 e. The van der Waals surface area contributed by atoms with Crippen LogP contribution in [-0.4, -0.2) is 29.7 Å². The van der Waals surface area contributed by atoms with Crippen molar-refractivity contribution >= 4 is 28.4 Å². The van der Waals surface area contributed by atoms with Crippen LogP contribution in [0.15, 0.2) is 47.3 Å². The third-order valence-corrected chi connectivity index (χ3v) is 5.07. The highest BCUT2D eigenvalue weighted by atomic mass is 35.5. The Balaban J connectivity index is 2.04. The average Bonchev–Trinajstić information content (AvgIpc) is 3.08. The van der Waals surface area contributed by atoms with E-state index in [1.807, 2.05) is 30.3 Å². The summed E-state index contributed by atoms with van der Waals surface area (Å²) in [5, 5.41) is 2.66. The van der Waals surface area contributed by atoms with Crippen molar-refractivity contribution in [3.63, 3.8) is 0 Å². The van der Waals surface area contributed by atoms with Gasteiger partial charge < -0.3 is 4.57 Å². The monoisotopic (exact) mass is 368 g/mol. The van der Waals surface area contributed by atoms with Crippen LogP contribution >= 0.6 is 11.6 Å². The molecular formula is C20H17ClN2O3. The Bertz CT molecular complexity index is 1100. The molecule has 0 bridgehead atoms. The lowest BCUT2D eigenvalue weighted by atomic mass is 9.97. The van der Waals surface area contributed by atoms with Gasteiger partial charge in [0.05, 0.1) is 12.6 Å². The van der Waals surface area contributed by atoms with Gasteiger partial charge in [0, 0.05) is 35.6 Å². The third kappa shape index (κ3) is 2.60. The zero-order chi connectivity index (χ0) is 18.4. The molecule has 6 heteroatoms. The third-order valence-electron chi connectivity index (χ3n) is 4.83.